The van der Waals surface area contributed by atoms with Gasteiger partial charge in [-0.05, 0) is 0 Å². The predicted octanol–water partition coefficient (Wildman–Crippen LogP) is 5.27. The number of ether oxygens (including phenoxy) is 4. The van der Waals surface area contributed by atoms with E-state index in [0.29, 0.717) is 20.9 Å². The van der Waals surface area contributed by atoms with Gasteiger partial charge in [0.05, 0.1) is 0 Å². The Hall–Kier alpha value is -1.52. The van der Waals surface area contributed by atoms with E-state index < -0.39 is 0 Å². The molecule has 0 N–H and O–H groups in total. The van der Waals surface area contributed by atoms with E-state index in [9.17, 15) is 0 Å². The van der Waals surface area contributed by atoms with E-state index in [1.165, 1.54) is 53.3 Å². The number of hydrogen-bond acceptors (Lipinski definition) is 4. The summed E-state index contributed by atoms with van der Waals surface area (Å²) in [6.07, 6.45) is 8.76. The minimum atomic E-state index is 0.260. The number of rotatable bonds is 7. The van der Waals surface area contributed by atoms with Crippen LogP contribution in [-0.4, -0.2) is 42.4 Å². The van der Waals surface area contributed by atoms with E-state index in [-0.39, 0.29) is 12.2 Å². The predicted molar refractivity (Wildman–Crippen MR) is 128 cm³/mol. The van der Waals surface area contributed by atoms with Gasteiger partial charge in [0.2, 0.25) is 0 Å². The van der Waals surface area contributed by atoms with Gasteiger partial charge >= 0.3 is 198 Å². The fourth-order valence-electron chi connectivity index (χ4n) is 5.48. The zero-order valence-corrected chi connectivity index (χ0v) is 20.9. The maximum atomic E-state index is 6.14. The molecule has 0 saturated carbocycles. The molecule has 0 bridgehead atoms. The van der Waals surface area contributed by atoms with Crippen molar-refractivity contribution < 1.29 is 18.9 Å². The van der Waals surface area contributed by atoms with Gasteiger partial charge in [0.1, 0.15) is 0 Å². The van der Waals surface area contributed by atoms with Gasteiger partial charge in [-0.25, -0.2) is 0 Å². The molecular formula is C27H34O4Se. The third kappa shape index (κ3) is 4.45. The van der Waals surface area contributed by atoms with Gasteiger partial charge in [0.15, 0.2) is 0 Å². The Morgan fingerprint density at radius 2 is 1.50 bits per heavy atom. The summed E-state index contributed by atoms with van der Waals surface area (Å²) in [7, 11) is 3.46. The molecule has 0 spiro atoms. The van der Waals surface area contributed by atoms with Crippen LogP contribution < -0.4 is 13.9 Å². The van der Waals surface area contributed by atoms with E-state index in [4.69, 9.17) is 18.9 Å². The maximum absolute atomic E-state index is 6.14. The van der Waals surface area contributed by atoms with Crippen molar-refractivity contribution in [2.24, 2.45) is 0 Å². The van der Waals surface area contributed by atoms with Crippen LogP contribution in [0.15, 0.2) is 30.3 Å². The first-order chi connectivity index (χ1) is 15.8. The van der Waals surface area contributed by atoms with E-state index in [0.717, 1.165) is 44.0 Å². The molecule has 1 aliphatic carbocycles. The monoisotopic (exact) mass is 502 g/mol. The summed E-state index contributed by atoms with van der Waals surface area (Å²) in [4.78, 5) is 0. The number of benzene rings is 2. The molecule has 32 heavy (non-hydrogen) atoms. The number of methoxy groups -OCH3 is 2. The molecule has 0 aromatic heterocycles. The van der Waals surface area contributed by atoms with E-state index >= 15 is 0 Å². The second-order valence-corrected chi connectivity index (χ2v) is 11.2. The Morgan fingerprint density at radius 3 is 2.09 bits per heavy atom. The molecule has 0 amide bonds. The Bertz CT molecular complexity index is 897. The average molecular weight is 502 g/mol. The number of fused-ring (bicyclic) bond motifs is 1. The van der Waals surface area contributed by atoms with Gasteiger partial charge < -0.3 is 0 Å². The summed E-state index contributed by atoms with van der Waals surface area (Å²) in [6, 6.07) is 11.3. The van der Waals surface area contributed by atoms with Crippen molar-refractivity contribution in [1.82, 2.24) is 0 Å². The van der Waals surface area contributed by atoms with Crippen LogP contribution in [0.5, 0.6) is 11.5 Å². The topological polar surface area (TPSA) is 36.9 Å². The van der Waals surface area contributed by atoms with Crippen LogP contribution in [0.25, 0.3) is 0 Å². The van der Waals surface area contributed by atoms with Crippen molar-refractivity contribution in [3.63, 3.8) is 0 Å². The van der Waals surface area contributed by atoms with Crippen LogP contribution in [0.2, 0.25) is 5.32 Å². The number of aryl methyl sites for hydroxylation is 1. The molecule has 2 aromatic carbocycles. The van der Waals surface area contributed by atoms with Crippen molar-refractivity contribution in [2.75, 3.05) is 27.4 Å². The van der Waals surface area contributed by atoms with Crippen LogP contribution >= 0.6 is 0 Å². The third-order valence-corrected chi connectivity index (χ3v) is 9.93. The molecule has 2 fully saturated rings. The van der Waals surface area contributed by atoms with Gasteiger partial charge in [-0.2, -0.15) is 0 Å². The normalized spacial score (nSPS) is 25.0. The molecule has 4 nitrogen and oxygen atoms in total. The summed E-state index contributed by atoms with van der Waals surface area (Å²) in [6.45, 7) is 1.78. The van der Waals surface area contributed by atoms with Crippen LogP contribution in [0.3, 0.4) is 0 Å². The standard InChI is InChI=1S/C27H34O4Se/c1-28-25-15-18-7-3-8-19(22(18)16-26(25)29-2)17-32-27-20(23-11-5-13-30-23)9-4-10-21(27)24-12-6-14-31-24/h4,9-10,15-16,19,23-24H,3,5-8,11-14,17H2,1-2H3/t19?,23-,24-/m0/s1. The quantitative estimate of drug-likeness (QED) is 0.484. The van der Waals surface area contributed by atoms with Crippen LogP contribution in [0, 0.1) is 0 Å². The molecule has 2 aromatic rings. The van der Waals surface area contributed by atoms with Gasteiger partial charge in [0.25, 0.3) is 0 Å². The van der Waals surface area contributed by atoms with E-state index in [1.807, 2.05) is 0 Å². The first-order valence-corrected chi connectivity index (χ1v) is 14.1. The summed E-state index contributed by atoms with van der Waals surface area (Å²) < 4.78 is 25.0. The van der Waals surface area contributed by atoms with Crippen molar-refractivity contribution in [3.8, 4) is 11.5 Å². The summed E-state index contributed by atoms with van der Waals surface area (Å²) in [5, 5.41) is 1.21. The first kappa shape index (κ1) is 22.3. The Labute approximate surface area is 198 Å². The Balaban J connectivity index is 1.44. The molecule has 2 saturated heterocycles. The third-order valence-electron chi connectivity index (χ3n) is 7.14. The van der Waals surface area contributed by atoms with Crippen molar-refractivity contribution in [3.05, 3.63) is 52.6 Å². The van der Waals surface area contributed by atoms with Gasteiger partial charge in [-0.1, -0.05) is 0 Å². The Morgan fingerprint density at radius 1 is 0.844 bits per heavy atom. The fraction of sp³-hybridized carbons (Fsp3) is 0.556. The zero-order valence-electron chi connectivity index (χ0n) is 19.2. The first-order valence-electron chi connectivity index (χ1n) is 12.0. The minimum absolute atomic E-state index is 0.260. The molecule has 172 valence electrons. The number of hydrogen-bond donors (Lipinski definition) is 0. The molecule has 2 heterocycles. The summed E-state index contributed by atoms with van der Waals surface area (Å²) in [5.74, 6) is 2.28. The second kappa shape index (κ2) is 10.2. The molecule has 0 radical (unpaired) electrons. The Kier molecular flexibility index (Phi) is 7.08. The zero-order chi connectivity index (χ0) is 21.9. The van der Waals surface area contributed by atoms with E-state index in [1.54, 1.807) is 18.7 Å². The van der Waals surface area contributed by atoms with Gasteiger partial charge in [0, 0.05) is 0 Å². The molecule has 5 heteroatoms. The molecule has 3 atom stereocenters. The molecule has 1 unspecified atom stereocenters. The van der Waals surface area contributed by atoms with Crippen molar-refractivity contribution in [2.45, 2.75) is 68.4 Å². The van der Waals surface area contributed by atoms with E-state index in [2.05, 4.69) is 30.3 Å². The molecular weight excluding hydrogens is 467 g/mol. The average Bonchev–Trinajstić information content (AvgIpc) is 3.56. The summed E-state index contributed by atoms with van der Waals surface area (Å²) in [5.41, 5.74) is 5.75. The van der Waals surface area contributed by atoms with Crippen molar-refractivity contribution in [1.29, 1.82) is 0 Å². The second-order valence-electron chi connectivity index (χ2n) is 9.08. The fourth-order valence-corrected chi connectivity index (χ4v) is 8.51. The van der Waals surface area contributed by atoms with Gasteiger partial charge in [-0.3, -0.25) is 0 Å². The summed E-state index contributed by atoms with van der Waals surface area (Å²) >= 11 is 0.371. The van der Waals surface area contributed by atoms with Crippen LogP contribution in [-0.2, 0) is 15.9 Å². The molecule has 3 aliphatic rings. The van der Waals surface area contributed by atoms with Crippen LogP contribution in [0.4, 0.5) is 0 Å². The molecule has 2 aliphatic heterocycles. The van der Waals surface area contributed by atoms with Crippen LogP contribution in [0.1, 0.15) is 78.9 Å². The van der Waals surface area contributed by atoms with Gasteiger partial charge in [-0.15, -0.1) is 0 Å². The SMILES string of the molecule is COc1cc2c(cc1OC)C(C[Se]c1c([C@@H]3CCCO3)cccc1[C@@H]1CCCO1)CCC2. The van der Waals surface area contributed by atoms with Crippen molar-refractivity contribution >= 4 is 19.4 Å². The molecule has 5 rings (SSSR count).